The molecule has 19 nitrogen and oxygen atoms in total. The maximum absolute atomic E-state index is 12.0. The number of carbonyl (C=O) groups excluding carboxylic acids is 5. The Labute approximate surface area is 369 Å². The van der Waals surface area contributed by atoms with Gasteiger partial charge in [0.05, 0.1) is 33.0 Å². The Kier molecular flexibility index (Phi) is 39.5. The number of hydrogen-bond acceptors (Lipinski definition) is 13. The molecule has 62 heavy (non-hydrogen) atoms. The summed E-state index contributed by atoms with van der Waals surface area (Å²) in [5.74, 6) is -0.827. The molecule has 0 spiro atoms. The van der Waals surface area contributed by atoms with Gasteiger partial charge in [-0.25, -0.2) is 4.79 Å². The third-order valence-corrected chi connectivity index (χ3v) is 9.78. The molecule has 1 aromatic rings. The zero-order chi connectivity index (χ0) is 45.9. The molecular weight excluding hydrogens is 805 g/mol. The first kappa shape index (κ1) is 57.9. The molecule has 0 radical (unpaired) electrons. The fraction of sp³-hybridized carbons (Fsp3) is 0.837. The highest BCUT2D eigenvalue weighted by Gasteiger charge is 2.20. The van der Waals surface area contributed by atoms with Gasteiger partial charge in [0.2, 0.25) is 23.6 Å². The summed E-state index contributed by atoms with van der Waals surface area (Å²) in [5.41, 5.74) is 0. The van der Waals surface area contributed by atoms with Crippen LogP contribution in [0.4, 0.5) is 0 Å². The Morgan fingerprint density at radius 1 is 0.629 bits per heavy atom. The minimum Gasteiger partial charge on any atom is -0.480 e. The molecule has 2 atom stereocenters. The number of aliphatic carboxylic acids is 1. The minimum atomic E-state index is -1.10. The molecule has 4 amide bonds. The zero-order valence-corrected chi connectivity index (χ0v) is 38.2. The molecule has 0 unspecified atom stereocenters. The summed E-state index contributed by atoms with van der Waals surface area (Å²) in [7, 11) is 1.57. The molecular formula is C43H80N8O11. The quantitative estimate of drug-likeness (QED) is 0.0508. The van der Waals surface area contributed by atoms with E-state index in [-0.39, 0.29) is 61.4 Å². The number of tetrazole rings is 1. The van der Waals surface area contributed by atoms with Crippen LogP contribution in [0, 0.1) is 5.92 Å². The number of ether oxygens (including phenoxy) is 4. The number of methoxy groups -OCH3 is 1. The number of carboxylic acids is 1. The Hall–Kier alpha value is -4.07. The van der Waals surface area contributed by atoms with E-state index in [1.807, 2.05) is 6.92 Å². The summed E-state index contributed by atoms with van der Waals surface area (Å²) < 4.78 is 20.4. The number of aromatic amines is 1. The summed E-state index contributed by atoms with van der Waals surface area (Å²) in [4.78, 5) is 68.9. The topological polar surface area (TPSA) is 262 Å². The van der Waals surface area contributed by atoms with Gasteiger partial charge in [0.1, 0.15) is 25.0 Å². The predicted octanol–water partition coefficient (Wildman–Crippen LogP) is 4.00. The molecule has 0 fully saturated rings. The van der Waals surface area contributed by atoms with Crippen molar-refractivity contribution in [3.8, 4) is 0 Å². The fourth-order valence-corrected chi connectivity index (χ4v) is 5.95. The van der Waals surface area contributed by atoms with Gasteiger partial charge in [-0.15, -0.1) is 10.2 Å². The average Bonchev–Trinajstić information content (AvgIpc) is 3.77. The molecule has 1 aromatic heterocycles. The molecule has 0 saturated heterocycles. The fourth-order valence-electron chi connectivity index (χ4n) is 5.95. The van der Waals surface area contributed by atoms with Crippen molar-refractivity contribution in [2.45, 2.75) is 155 Å². The summed E-state index contributed by atoms with van der Waals surface area (Å²) in [6.07, 6.45) is 19.4. The number of rotatable bonds is 41. The number of nitrogens with one attached hydrogen (secondary N) is 5. The van der Waals surface area contributed by atoms with Crippen molar-refractivity contribution in [2.75, 3.05) is 73.0 Å². The second-order valence-electron chi connectivity index (χ2n) is 15.3. The molecule has 358 valence electrons. The summed E-state index contributed by atoms with van der Waals surface area (Å²) >= 11 is 0. The van der Waals surface area contributed by atoms with E-state index in [2.05, 4.69) is 41.9 Å². The van der Waals surface area contributed by atoms with E-state index in [0.717, 1.165) is 57.2 Å². The first-order chi connectivity index (χ1) is 30.0. The average molecular weight is 885 g/mol. The van der Waals surface area contributed by atoms with Crippen LogP contribution in [0.2, 0.25) is 0 Å². The molecule has 1 heterocycles. The van der Waals surface area contributed by atoms with Crippen LogP contribution in [0.1, 0.15) is 149 Å². The van der Waals surface area contributed by atoms with E-state index in [4.69, 9.17) is 18.9 Å². The SMILES string of the molecule is CCNC(=O)CC[C@H](NC(=O)CCCCCCCCCCCCCCCc1nn[nH]n1)C(=O)O.COCCOCC(=O)NCCOCCOCC(=O)NCCCC[C@H](C)C(C)=O. The third-order valence-electron chi connectivity index (χ3n) is 9.78. The van der Waals surface area contributed by atoms with Crippen LogP contribution in [-0.4, -0.2) is 140 Å². The van der Waals surface area contributed by atoms with E-state index in [1.54, 1.807) is 21.0 Å². The van der Waals surface area contributed by atoms with Crippen LogP contribution in [-0.2, 0) is 54.1 Å². The predicted molar refractivity (Wildman–Crippen MR) is 234 cm³/mol. The summed E-state index contributed by atoms with van der Waals surface area (Å²) in [6.45, 7) is 8.63. The highest BCUT2D eigenvalue weighted by molar-refractivity contribution is 5.84. The molecule has 0 aliphatic carbocycles. The van der Waals surface area contributed by atoms with Crippen molar-refractivity contribution in [2.24, 2.45) is 5.92 Å². The Balaban J connectivity index is 0.00000123. The van der Waals surface area contributed by atoms with E-state index < -0.39 is 12.0 Å². The standard InChI is InChI=1S/C24H44N6O4.C19H36N2O7/c1-2-25-22(31)19-18-20(24(33)34)26-23(32)17-15-13-11-9-7-5-3-4-6-8-10-12-14-16-21-27-29-30-28-21;1-16(17(2)22)6-4-5-7-20-18(23)14-28-13-12-26-9-8-21-19(24)15-27-11-10-25-3/h20H,2-19H2,1H3,(H,25,31)(H,26,32)(H,33,34)(H,27,28,29,30);16H,4-15H2,1-3H3,(H,20,23)(H,21,24)/t20-;16-/m00/s1. The van der Waals surface area contributed by atoms with Gasteiger partial charge in [-0.1, -0.05) is 89.2 Å². The van der Waals surface area contributed by atoms with Crippen LogP contribution in [0.3, 0.4) is 0 Å². The lowest BCUT2D eigenvalue weighted by Crippen LogP contribution is -2.41. The minimum absolute atomic E-state index is 0.00264. The monoisotopic (exact) mass is 885 g/mol. The van der Waals surface area contributed by atoms with E-state index in [9.17, 15) is 33.9 Å². The lowest BCUT2D eigenvalue weighted by Gasteiger charge is -2.14. The molecule has 6 N–H and O–H groups in total. The lowest BCUT2D eigenvalue weighted by atomic mass is 10.0. The second kappa shape index (κ2) is 42.2. The van der Waals surface area contributed by atoms with E-state index in [0.29, 0.717) is 59.1 Å². The van der Waals surface area contributed by atoms with Crippen molar-refractivity contribution in [3.63, 3.8) is 0 Å². The number of H-pyrrole nitrogens is 1. The Morgan fingerprint density at radius 2 is 1.19 bits per heavy atom. The van der Waals surface area contributed by atoms with Crippen molar-refractivity contribution >= 4 is 35.4 Å². The van der Waals surface area contributed by atoms with E-state index >= 15 is 0 Å². The third kappa shape index (κ3) is 38.8. The Bertz CT molecular complexity index is 1290. The van der Waals surface area contributed by atoms with Gasteiger partial charge in [0.15, 0.2) is 5.82 Å². The maximum Gasteiger partial charge on any atom is 0.326 e. The number of unbranched alkanes of at least 4 members (excludes halogenated alkanes) is 13. The molecule has 0 aliphatic rings. The van der Waals surface area contributed by atoms with Gasteiger partial charge < -0.3 is 45.3 Å². The smallest absolute Gasteiger partial charge is 0.326 e. The summed E-state index contributed by atoms with van der Waals surface area (Å²) in [6, 6.07) is -1.01. The first-order valence-corrected chi connectivity index (χ1v) is 22.8. The normalized spacial score (nSPS) is 11.8. The second-order valence-corrected chi connectivity index (χ2v) is 15.3. The highest BCUT2D eigenvalue weighted by atomic mass is 16.5. The van der Waals surface area contributed by atoms with Crippen LogP contribution in [0.25, 0.3) is 0 Å². The highest BCUT2D eigenvalue weighted by Crippen LogP contribution is 2.14. The van der Waals surface area contributed by atoms with Crippen molar-refractivity contribution < 1.29 is 52.8 Å². The molecule has 0 saturated carbocycles. The van der Waals surface area contributed by atoms with Gasteiger partial charge in [-0.05, 0) is 46.0 Å². The molecule has 0 aliphatic heterocycles. The number of aryl methyl sites for hydroxylation is 1. The van der Waals surface area contributed by atoms with Gasteiger partial charge in [-0.2, -0.15) is 5.21 Å². The van der Waals surface area contributed by atoms with Crippen LogP contribution in [0.15, 0.2) is 0 Å². The lowest BCUT2D eigenvalue weighted by molar-refractivity contribution is -0.142. The van der Waals surface area contributed by atoms with Crippen LogP contribution < -0.4 is 21.3 Å². The largest absolute Gasteiger partial charge is 0.480 e. The molecule has 1 rings (SSSR count). The van der Waals surface area contributed by atoms with Gasteiger partial charge in [0, 0.05) is 51.9 Å². The number of Topliss-reactive ketones (excluding diaryl/α,β-unsaturated/α-hetero) is 1. The number of aromatic nitrogens is 4. The molecule has 19 heteroatoms. The first-order valence-electron chi connectivity index (χ1n) is 22.8. The van der Waals surface area contributed by atoms with Gasteiger partial charge in [-0.3, -0.25) is 24.0 Å². The number of carbonyl (C=O) groups is 6. The Morgan fingerprint density at radius 3 is 1.74 bits per heavy atom. The van der Waals surface area contributed by atoms with Crippen molar-refractivity contribution in [1.82, 2.24) is 41.9 Å². The van der Waals surface area contributed by atoms with Crippen LogP contribution in [0.5, 0.6) is 0 Å². The number of carboxylic acid groups (broad SMARTS) is 1. The number of amides is 4. The maximum atomic E-state index is 12.0. The number of hydrogen-bond donors (Lipinski definition) is 6. The van der Waals surface area contributed by atoms with Crippen LogP contribution >= 0.6 is 0 Å². The van der Waals surface area contributed by atoms with Crippen molar-refractivity contribution in [3.05, 3.63) is 5.82 Å². The summed E-state index contributed by atoms with van der Waals surface area (Å²) in [5, 5.41) is 33.8. The van der Waals surface area contributed by atoms with Gasteiger partial charge in [0.25, 0.3) is 0 Å². The zero-order valence-electron chi connectivity index (χ0n) is 38.2. The van der Waals surface area contributed by atoms with E-state index in [1.165, 1.54) is 57.8 Å². The number of ketones is 1. The molecule has 0 bridgehead atoms. The van der Waals surface area contributed by atoms with Gasteiger partial charge >= 0.3 is 5.97 Å². The van der Waals surface area contributed by atoms with Crippen molar-refractivity contribution in [1.29, 1.82) is 0 Å². The molecule has 0 aromatic carbocycles. The number of nitrogens with zero attached hydrogens (tertiary/aromatic N) is 3.